The first-order valence-electron chi connectivity index (χ1n) is 6.29. The molecule has 0 saturated heterocycles. The van der Waals surface area contributed by atoms with Gasteiger partial charge in [0.05, 0.1) is 6.54 Å². The fourth-order valence-corrected chi connectivity index (χ4v) is 3.59. The molecule has 0 atom stereocenters. The largest absolute Gasteiger partial charge is 0.343 e. The van der Waals surface area contributed by atoms with Crippen LogP contribution in [0.5, 0.6) is 0 Å². The number of H-pyrrole nitrogens is 1. The summed E-state index contributed by atoms with van der Waals surface area (Å²) in [6.45, 7) is 3.08. The van der Waals surface area contributed by atoms with E-state index in [1.165, 1.54) is 4.88 Å². The molecule has 2 rings (SSSR count). The molecule has 0 amide bonds. The van der Waals surface area contributed by atoms with Gasteiger partial charge in [-0.05, 0) is 17.9 Å². The molecule has 0 unspecified atom stereocenters. The number of thioether (sulfide) groups is 1. The average molecular weight is 308 g/mol. The van der Waals surface area contributed by atoms with E-state index in [1.54, 1.807) is 27.7 Å². The van der Waals surface area contributed by atoms with Gasteiger partial charge in [-0.3, -0.25) is 4.57 Å². The molecule has 0 aromatic carbocycles. The molecule has 7 heteroatoms. The van der Waals surface area contributed by atoms with Crippen LogP contribution >= 0.6 is 23.1 Å². The first kappa shape index (κ1) is 14.9. The lowest BCUT2D eigenvalue weighted by Crippen LogP contribution is -2.17. The van der Waals surface area contributed by atoms with Crippen molar-refractivity contribution in [3.63, 3.8) is 0 Å². The minimum atomic E-state index is -0.149. The Hall–Kier alpha value is -1.49. The van der Waals surface area contributed by atoms with E-state index in [0.717, 1.165) is 22.9 Å². The molecule has 0 aliphatic carbocycles. The zero-order valence-electron chi connectivity index (χ0n) is 11.2. The highest BCUT2D eigenvalue weighted by Gasteiger charge is 2.10. The highest BCUT2D eigenvalue weighted by Crippen LogP contribution is 2.25. The predicted molar refractivity (Wildman–Crippen MR) is 83.0 cm³/mol. The van der Waals surface area contributed by atoms with Crippen molar-refractivity contribution in [2.24, 2.45) is 5.73 Å². The minimum Gasteiger partial charge on any atom is -0.320 e. The molecule has 2 heterocycles. The molecular weight excluding hydrogens is 292 g/mol. The Kier molecular flexibility index (Phi) is 5.47. The second-order valence-electron chi connectivity index (χ2n) is 4.01. The van der Waals surface area contributed by atoms with Gasteiger partial charge in [0, 0.05) is 22.7 Å². The number of aromatic nitrogens is 3. The van der Waals surface area contributed by atoms with E-state index in [0.29, 0.717) is 13.1 Å². The van der Waals surface area contributed by atoms with Gasteiger partial charge < -0.3 is 5.73 Å². The molecule has 0 aliphatic rings. The van der Waals surface area contributed by atoms with Crippen LogP contribution in [0.15, 0.2) is 21.4 Å². The van der Waals surface area contributed by atoms with Crippen LogP contribution in [0.3, 0.4) is 0 Å². The third-order valence-electron chi connectivity index (χ3n) is 2.57. The number of nitrogens with two attached hydrogens (primary N) is 1. The van der Waals surface area contributed by atoms with Crippen LogP contribution < -0.4 is 11.4 Å². The Labute approximate surface area is 125 Å². The molecule has 0 spiro atoms. The van der Waals surface area contributed by atoms with E-state index >= 15 is 0 Å². The van der Waals surface area contributed by atoms with E-state index in [9.17, 15) is 4.79 Å². The van der Waals surface area contributed by atoms with Crippen LogP contribution in [0.25, 0.3) is 0 Å². The quantitative estimate of drug-likeness (QED) is 0.650. The summed E-state index contributed by atoms with van der Waals surface area (Å²) in [6, 6.07) is 1.99. The molecule has 106 valence electrons. The third kappa shape index (κ3) is 3.54. The van der Waals surface area contributed by atoms with E-state index in [1.807, 2.05) is 18.4 Å². The number of aromatic amines is 1. The molecule has 2 aromatic rings. The summed E-state index contributed by atoms with van der Waals surface area (Å²) in [6.07, 6.45) is 0.902. The number of thiophene rings is 1. The molecule has 20 heavy (non-hydrogen) atoms. The zero-order valence-corrected chi connectivity index (χ0v) is 12.8. The van der Waals surface area contributed by atoms with Crippen LogP contribution in [0.2, 0.25) is 0 Å². The Morgan fingerprint density at radius 1 is 1.60 bits per heavy atom. The maximum Gasteiger partial charge on any atom is 0.343 e. The highest BCUT2D eigenvalue weighted by molar-refractivity contribution is 7.98. The average Bonchev–Trinajstić information content (AvgIpc) is 3.03. The number of nitrogens with zero attached hydrogens (tertiary/aromatic N) is 2. The summed E-state index contributed by atoms with van der Waals surface area (Å²) < 4.78 is 1.67. The number of hydrogen-bond donors (Lipinski definition) is 2. The van der Waals surface area contributed by atoms with Crippen molar-refractivity contribution in [1.82, 2.24) is 14.8 Å². The van der Waals surface area contributed by atoms with Gasteiger partial charge in [-0.15, -0.1) is 16.4 Å². The maximum atomic E-state index is 11.6. The summed E-state index contributed by atoms with van der Waals surface area (Å²) in [5, 5.41) is 9.30. The molecule has 2 aromatic heterocycles. The lowest BCUT2D eigenvalue weighted by Gasteiger charge is -2.02. The van der Waals surface area contributed by atoms with Crippen LogP contribution in [0, 0.1) is 11.8 Å². The Morgan fingerprint density at radius 2 is 2.45 bits per heavy atom. The summed E-state index contributed by atoms with van der Waals surface area (Å²) in [7, 11) is 0. The molecule has 0 radical (unpaired) electrons. The van der Waals surface area contributed by atoms with Crippen molar-refractivity contribution >= 4 is 23.1 Å². The van der Waals surface area contributed by atoms with Crippen LogP contribution in [0.4, 0.5) is 0 Å². The van der Waals surface area contributed by atoms with E-state index in [-0.39, 0.29) is 5.69 Å². The molecule has 3 N–H and O–H groups in total. The fraction of sp³-hybridized carbons (Fsp3) is 0.385. The van der Waals surface area contributed by atoms with Gasteiger partial charge in [0.15, 0.2) is 5.16 Å². The zero-order chi connectivity index (χ0) is 14.4. The topological polar surface area (TPSA) is 76.7 Å². The normalized spacial score (nSPS) is 10.3. The third-order valence-corrected chi connectivity index (χ3v) is 4.68. The van der Waals surface area contributed by atoms with Crippen molar-refractivity contribution in [2.45, 2.75) is 30.8 Å². The standard InChI is InChI=1S/C13H16N4OS2/c1-2-7-17-12(18)15-16-13(17)20-9-11-10(4-3-6-14)5-8-19-11/h5,8H,2,6-7,9,14H2,1H3,(H,15,18). The summed E-state index contributed by atoms with van der Waals surface area (Å²) in [4.78, 5) is 12.8. The van der Waals surface area contributed by atoms with Crippen molar-refractivity contribution in [3.05, 3.63) is 32.4 Å². The van der Waals surface area contributed by atoms with Gasteiger partial charge in [-0.25, -0.2) is 9.89 Å². The van der Waals surface area contributed by atoms with Crippen LogP contribution in [-0.2, 0) is 12.3 Å². The van der Waals surface area contributed by atoms with Gasteiger partial charge >= 0.3 is 5.69 Å². The van der Waals surface area contributed by atoms with Crippen LogP contribution in [0.1, 0.15) is 23.8 Å². The molecule has 0 fully saturated rings. The lowest BCUT2D eigenvalue weighted by molar-refractivity contribution is 0.604. The first-order chi connectivity index (χ1) is 9.76. The summed E-state index contributed by atoms with van der Waals surface area (Å²) >= 11 is 3.20. The first-order valence-corrected chi connectivity index (χ1v) is 8.16. The molecule has 0 aliphatic heterocycles. The monoisotopic (exact) mass is 308 g/mol. The number of nitrogens with one attached hydrogen (secondary N) is 1. The summed E-state index contributed by atoms with van der Waals surface area (Å²) in [5.41, 5.74) is 6.25. The molecule has 0 bridgehead atoms. The molecular formula is C13H16N4OS2. The minimum absolute atomic E-state index is 0.149. The van der Waals surface area contributed by atoms with Crippen LogP contribution in [-0.4, -0.2) is 21.3 Å². The fourth-order valence-electron chi connectivity index (χ4n) is 1.67. The summed E-state index contributed by atoms with van der Waals surface area (Å²) in [5.74, 6) is 6.67. The SMILES string of the molecule is CCCn1c(SCc2sccc2C#CCN)n[nH]c1=O. The molecule has 5 nitrogen and oxygen atoms in total. The second-order valence-corrected chi connectivity index (χ2v) is 5.96. The van der Waals surface area contributed by atoms with Crippen molar-refractivity contribution in [1.29, 1.82) is 0 Å². The highest BCUT2D eigenvalue weighted by atomic mass is 32.2. The van der Waals surface area contributed by atoms with E-state index in [4.69, 9.17) is 5.73 Å². The number of rotatable bonds is 5. The molecule has 0 saturated carbocycles. The number of hydrogen-bond acceptors (Lipinski definition) is 5. The predicted octanol–water partition coefficient (Wildman–Crippen LogP) is 1.65. The van der Waals surface area contributed by atoms with Crippen molar-refractivity contribution in [3.8, 4) is 11.8 Å². The second kappa shape index (κ2) is 7.33. The van der Waals surface area contributed by atoms with Crippen molar-refractivity contribution in [2.75, 3.05) is 6.54 Å². The van der Waals surface area contributed by atoms with E-state index < -0.39 is 0 Å². The maximum absolute atomic E-state index is 11.6. The van der Waals surface area contributed by atoms with Gasteiger partial charge in [0.25, 0.3) is 0 Å². The Morgan fingerprint density at radius 3 is 3.20 bits per heavy atom. The van der Waals surface area contributed by atoms with Gasteiger partial charge in [0.1, 0.15) is 0 Å². The Balaban J connectivity index is 2.09. The van der Waals surface area contributed by atoms with Gasteiger partial charge in [0.2, 0.25) is 0 Å². The lowest BCUT2D eigenvalue weighted by atomic mass is 10.3. The smallest absolute Gasteiger partial charge is 0.320 e. The van der Waals surface area contributed by atoms with Crippen molar-refractivity contribution < 1.29 is 0 Å². The Bertz CT molecular complexity index is 674. The van der Waals surface area contributed by atoms with E-state index in [2.05, 4.69) is 22.0 Å². The van der Waals surface area contributed by atoms with Gasteiger partial charge in [-0.2, -0.15) is 0 Å². The van der Waals surface area contributed by atoms with Gasteiger partial charge in [-0.1, -0.05) is 30.5 Å².